The second-order valence-electron chi connectivity index (χ2n) is 3.71. The van der Waals surface area contributed by atoms with E-state index in [0.29, 0.717) is 22.4 Å². The zero-order valence-electron chi connectivity index (χ0n) is 9.82. The first kappa shape index (κ1) is 13.1. The van der Waals surface area contributed by atoms with E-state index in [1.165, 1.54) is 0 Å². The lowest BCUT2D eigenvalue weighted by Gasteiger charge is -2.08. The highest BCUT2D eigenvalue weighted by atomic mass is 35.5. The van der Waals surface area contributed by atoms with Gasteiger partial charge in [0.05, 0.1) is 12.1 Å². The van der Waals surface area contributed by atoms with Gasteiger partial charge >= 0.3 is 0 Å². The number of hydrogen-bond donors (Lipinski definition) is 0. The Kier molecular flexibility index (Phi) is 4.34. The second kappa shape index (κ2) is 5.98. The number of rotatable bonds is 4. The lowest BCUT2D eigenvalue weighted by molar-refractivity contribution is 0.306. The predicted molar refractivity (Wildman–Crippen MR) is 73.8 cm³/mol. The van der Waals surface area contributed by atoms with E-state index < -0.39 is 0 Å². The molecule has 4 heteroatoms. The van der Waals surface area contributed by atoms with E-state index >= 15 is 0 Å². The lowest BCUT2D eigenvalue weighted by Crippen LogP contribution is -1.96. The van der Waals surface area contributed by atoms with Crippen molar-refractivity contribution in [1.29, 1.82) is 0 Å². The maximum atomic E-state index is 6.01. The van der Waals surface area contributed by atoms with Gasteiger partial charge in [-0.25, -0.2) is 0 Å². The van der Waals surface area contributed by atoms with Crippen molar-refractivity contribution in [3.8, 4) is 11.5 Å². The normalized spacial score (nSPS) is 10.2. The molecule has 2 aromatic rings. The molecule has 0 saturated heterocycles. The highest BCUT2D eigenvalue weighted by Crippen LogP contribution is 2.28. The quantitative estimate of drug-likeness (QED) is 0.817. The minimum Gasteiger partial charge on any atom is -0.497 e. The van der Waals surface area contributed by atoms with Gasteiger partial charge in [0.25, 0.3) is 0 Å². The number of hydrogen-bond acceptors (Lipinski definition) is 2. The van der Waals surface area contributed by atoms with Gasteiger partial charge in [-0.2, -0.15) is 0 Å². The smallest absolute Gasteiger partial charge is 0.138 e. The Bertz CT molecular complexity index is 524. The van der Waals surface area contributed by atoms with Crippen molar-refractivity contribution in [2.75, 3.05) is 7.11 Å². The highest BCUT2D eigenvalue weighted by molar-refractivity contribution is 6.35. The van der Waals surface area contributed by atoms with Crippen LogP contribution in [0.15, 0.2) is 42.5 Å². The standard InChI is InChI=1S/C14H12Cl2O2/c1-17-12-5-2-10(3-6-12)9-18-14-7-4-11(15)8-13(14)16/h2-8H,9H2,1H3. The van der Waals surface area contributed by atoms with Gasteiger partial charge in [-0.15, -0.1) is 0 Å². The molecule has 0 atom stereocenters. The summed E-state index contributed by atoms with van der Waals surface area (Å²) in [7, 11) is 1.64. The first-order valence-electron chi connectivity index (χ1n) is 5.40. The third-order valence-electron chi connectivity index (χ3n) is 2.45. The Morgan fingerprint density at radius 2 is 1.72 bits per heavy atom. The van der Waals surface area contributed by atoms with Crippen molar-refractivity contribution < 1.29 is 9.47 Å². The predicted octanol–water partition coefficient (Wildman–Crippen LogP) is 4.58. The number of methoxy groups -OCH3 is 1. The van der Waals surface area contributed by atoms with E-state index in [9.17, 15) is 0 Å². The summed E-state index contributed by atoms with van der Waals surface area (Å²) in [5.41, 5.74) is 1.04. The minimum atomic E-state index is 0.450. The van der Waals surface area contributed by atoms with Crippen LogP contribution in [0.1, 0.15) is 5.56 Å². The molecule has 2 rings (SSSR count). The molecule has 0 aromatic heterocycles. The summed E-state index contributed by atoms with van der Waals surface area (Å²) in [6.07, 6.45) is 0. The Labute approximate surface area is 116 Å². The fourth-order valence-electron chi connectivity index (χ4n) is 1.48. The minimum absolute atomic E-state index is 0.450. The molecule has 0 N–H and O–H groups in total. The van der Waals surface area contributed by atoms with Crippen LogP contribution in [-0.4, -0.2) is 7.11 Å². The van der Waals surface area contributed by atoms with Crippen LogP contribution in [0.5, 0.6) is 11.5 Å². The first-order valence-corrected chi connectivity index (χ1v) is 6.15. The molecule has 2 nitrogen and oxygen atoms in total. The van der Waals surface area contributed by atoms with Gasteiger partial charge in [0.15, 0.2) is 0 Å². The topological polar surface area (TPSA) is 18.5 Å². The molecule has 18 heavy (non-hydrogen) atoms. The molecule has 0 fully saturated rings. The summed E-state index contributed by atoms with van der Waals surface area (Å²) in [6.45, 7) is 0.450. The SMILES string of the molecule is COc1ccc(COc2ccc(Cl)cc2Cl)cc1. The Balaban J connectivity index is 2.02. The van der Waals surface area contributed by atoms with Gasteiger partial charge in [-0.3, -0.25) is 0 Å². The Morgan fingerprint density at radius 3 is 2.33 bits per heavy atom. The number of halogens is 2. The largest absolute Gasteiger partial charge is 0.497 e. The molecule has 0 radical (unpaired) electrons. The van der Waals surface area contributed by atoms with Gasteiger partial charge in [0.1, 0.15) is 18.1 Å². The summed E-state index contributed by atoms with van der Waals surface area (Å²) >= 11 is 11.8. The second-order valence-corrected chi connectivity index (χ2v) is 4.56. The van der Waals surface area contributed by atoms with Crippen LogP contribution in [-0.2, 0) is 6.61 Å². The van der Waals surface area contributed by atoms with Crippen LogP contribution < -0.4 is 9.47 Å². The monoisotopic (exact) mass is 282 g/mol. The third kappa shape index (κ3) is 3.31. The van der Waals surface area contributed by atoms with Crippen molar-refractivity contribution >= 4 is 23.2 Å². The average Bonchev–Trinajstić information content (AvgIpc) is 2.38. The molecule has 0 saturated carbocycles. The van der Waals surface area contributed by atoms with Gasteiger partial charge < -0.3 is 9.47 Å². The maximum Gasteiger partial charge on any atom is 0.138 e. The molecular formula is C14H12Cl2O2. The molecule has 0 aliphatic rings. The summed E-state index contributed by atoms with van der Waals surface area (Å²) in [5.74, 6) is 1.44. The zero-order chi connectivity index (χ0) is 13.0. The molecule has 0 bridgehead atoms. The zero-order valence-corrected chi connectivity index (χ0v) is 11.3. The summed E-state index contributed by atoms with van der Waals surface area (Å²) in [6, 6.07) is 12.8. The summed E-state index contributed by atoms with van der Waals surface area (Å²) in [5, 5.41) is 1.10. The fraction of sp³-hybridized carbons (Fsp3) is 0.143. The third-order valence-corrected chi connectivity index (χ3v) is 2.98. The van der Waals surface area contributed by atoms with Gasteiger partial charge in [0.2, 0.25) is 0 Å². The van der Waals surface area contributed by atoms with Crippen molar-refractivity contribution in [2.24, 2.45) is 0 Å². The van der Waals surface area contributed by atoms with Crippen LogP contribution in [0, 0.1) is 0 Å². The Hall–Kier alpha value is -1.38. The maximum absolute atomic E-state index is 6.01. The molecule has 0 spiro atoms. The van der Waals surface area contributed by atoms with E-state index in [1.807, 2.05) is 24.3 Å². The molecule has 0 amide bonds. The fourth-order valence-corrected chi connectivity index (χ4v) is 1.94. The Morgan fingerprint density at radius 1 is 1.00 bits per heavy atom. The molecular weight excluding hydrogens is 271 g/mol. The molecule has 0 aliphatic heterocycles. The molecule has 94 valence electrons. The van der Waals surface area contributed by atoms with E-state index in [-0.39, 0.29) is 0 Å². The van der Waals surface area contributed by atoms with Crippen LogP contribution in [0.3, 0.4) is 0 Å². The van der Waals surface area contributed by atoms with Crippen LogP contribution in [0.2, 0.25) is 10.0 Å². The van der Waals surface area contributed by atoms with Gasteiger partial charge in [0, 0.05) is 5.02 Å². The summed E-state index contributed by atoms with van der Waals surface area (Å²) in [4.78, 5) is 0. The molecule has 2 aromatic carbocycles. The van der Waals surface area contributed by atoms with E-state index in [0.717, 1.165) is 11.3 Å². The van der Waals surface area contributed by atoms with E-state index in [2.05, 4.69) is 0 Å². The average molecular weight is 283 g/mol. The molecule has 0 unspecified atom stereocenters. The van der Waals surface area contributed by atoms with Crippen molar-refractivity contribution in [1.82, 2.24) is 0 Å². The van der Waals surface area contributed by atoms with Gasteiger partial charge in [-0.1, -0.05) is 35.3 Å². The summed E-state index contributed by atoms with van der Waals surface area (Å²) < 4.78 is 10.7. The van der Waals surface area contributed by atoms with Gasteiger partial charge in [-0.05, 0) is 35.9 Å². The van der Waals surface area contributed by atoms with Crippen molar-refractivity contribution in [3.63, 3.8) is 0 Å². The van der Waals surface area contributed by atoms with Crippen molar-refractivity contribution in [2.45, 2.75) is 6.61 Å². The molecule has 0 aliphatic carbocycles. The van der Waals surface area contributed by atoms with Crippen molar-refractivity contribution in [3.05, 3.63) is 58.1 Å². The van der Waals surface area contributed by atoms with Crippen LogP contribution in [0.4, 0.5) is 0 Å². The van der Waals surface area contributed by atoms with Crippen LogP contribution in [0.25, 0.3) is 0 Å². The van der Waals surface area contributed by atoms with E-state index in [4.69, 9.17) is 32.7 Å². The van der Waals surface area contributed by atoms with Crippen LogP contribution >= 0.6 is 23.2 Å². The lowest BCUT2D eigenvalue weighted by atomic mass is 10.2. The number of benzene rings is 2. The number of ether oxygens (including phenoxy) is 2. The van der Waals surface area contributed by atoms with E-state index in [1.54, 1.807) is 25.3 Å². The molecule has 0 heterocycles. The highest BCUT2D eigenvalue weighted by Gasteiger charge is 2.03. The first-order chi connectivity index (χ1) is 8.69.